The van der Waals surface area contributed by atoms with Gasteiger partial charge in [0.05, 0.1) is 12.3 Å². The van der Waals surface area contributed by atoms with E-state index in [9.17, 15) is 4.79 Å². The average Bonchev–Trinajstić information content (AvgIpc) is 2.66. The summed E-state index contributed by atoms with van der Waals surface area (Å²) in [6, 6.07) is 0. The Morgan fingerprint density at radius 2 is 2.25 bits per heavy atom. The number of aryl methyl sites for hydroxylation is 1. The highest BCUT2D eigenvalue weighted by molar-refractivity contribution is 7.13. The Bertz CT molecular complexity index is 352. The molecule has 0 saturated carbocycles. The molecule has 16 heavy (non-hydrogen) atoms. The van der Waals surface area contributed by atoms with Gasteiger partial charge >= 0.3 is 5.97 Å². The van der Waals surface area contributed by atoms with Crippen molar-refractivity contribution in [2.75, 3.05) is 20.3 Å². The highest BCUT2D eigenvalue weighted by Gasteiger charge is 2.15. The Morgan fingerprint density at radius 1 is 1.50 bits per heavy atom. The molecule has 0 fully saturated rings. The van der Waals surface area contributed by atoms with Crippen molar-refractivity contribution in [1.29, 1.82) is 0 Å². The molecular formula is C10H16N2O3S. The van der Waals surface area contributed by atoms with E-state index in [-0.39, 0.29) is 5.97 Å². The van der Waals surface area contributed by atoms with Crippen molar-refractivity contribution in [3.05, 3.63) is 15.6 Å². The van der Waals surface area contributed by atoms with Crippen molar-refractivity contribution in [2.24, 2.45) is 5.73 Å². The number of esters is 1. The molecule has 1 rings (SSSR count). The minimum absolute atomic E-state index is 0.328. The lowest BCUT2D eigenvalue weighted by atomic mass is 10.4. The van der Waals surface area contributed by atoms with E-state index in [2.05, 4.69) is 4.98 Å². The molecule has 0 amide bonds. The number of aromatic nitrogens is 1. The number of carbonyl (C=O) groups is 1. The van der Waals surface area contributed by atoms with Crippen molar-refractivity contribution >= 4 is 17.3 Å². The summed E-state index contributed by atoms with van der Waals surface area (Å²) in [5, 5.41) is 0.751. The quantitative estimate of drug-likeness (QED) is 0.599. The summed E-state index contributed by atoms with van der Waals surface area (Å²) in [6.45, 7) is 3.08. The normalized spacial score (nSPS) is 10.4. The minimum Gasteiger partial charge on any atom is -0.461 e. The second kappa shape index (κ2) is 6.57. The van der Waals surface area contributed by atoms with Gasteiger partial charge in [-0.1, -0.05) is 0 Å². The predicted octanol–water partition coefficient (Wildman–Crippen LogP) is 1.10. The third kappa shape index (κ3) is 3.55. The number of hydrogen-bond donors (Lipinski definition) is 1. The Morgan fingerprint density at radius 3 is 2.81 bits per heavy atom. The standard InChI is InChI=1S/C10H16N2O3S/c1-7-9(16-8(6-11)12-7)10(13)15-5-3-4-14-2/h3-6,11H2,1-2H3. The zero-order valence-electron chi connectivity index (χ0n) is 9.49. The van der Waals surface area contributed by atoms with E-state index in [0.29, 0.717) is 36.8 Å². The van der Waals surface area contributed by atoms with Gasteiger partial charge in [-0.3, -0.25) is 0 Å². The number of rotatable bonds is 6. The molecule has 2 N–H and O–H groups in total. The summed E-state index contributed by atoms with van der Waals surface area (Å²) in [6.07, 6.45) is 0.698. The van der Waals surface area contributed by atoms with Crippen LogP contribution in [-0.4, -0.2) is 31.3 Å². The van der Waals surface area contributed by atoms with Gasteiger partial charge < -0.3 is 15.2 Å². The largest absolute Gasteiger partial charge is 0.461 e. The molecule has 0 aliphatic rings. The molecule has 0 aromatic carbocycles. The molecule has 0 atom stereocenters. The second-order valence-electron chi connectivity index (χ2n) is 3.21. The van der Waals surface area contributed by atoms with Crippen LogP contribution >= 0.6 is 11.3 Å². The Hall–Kier alpha value is -0.980. The first-order chi connectivity index (χ1) is 7.69. The topological polar surface area (TPSA) is 74.4 Å². The van der Waals surface area contributed by atoms with Crippen LogP contribution in [0.5, 0.6) is 0 Å². The molecule has 0 spiro atoms. The Balaban J connectivity index is 2.49. The predicted molar refractivity (Wildman–Crippen MR) is 61.5 cm³/mol. The molecule has 0 saturated heterocycles. The van der Waals surface area contributed by atoms with Gasteiger partial charge in [-0.05, 0) is 6.92 Å². The molecule has 6 heteroatoms. The maximum atomic E-state index is 11.6. The number of methoxy groups -OCH3 is 1. The molecule has 0 bridgehead atoms. The van der Waals surface area contributed by atoms with Crippen LogP contribution in [0.15, 0.2) is 0 Å². The number of thiazole rings is 1. The summed E-state index contributed by atoms with van der Waals surface area (Å²) < 4.78 is 9.94. The van der Waals surface area contributed by atoms with Crippen LogP contribution in [0.1, 0.15) is 26.8 Å². The molecule has 0 aliphatic carbocycles. The fourth-order valence-corrected chi connectivity index (χ4v) is 2.00. The smallest absolute Gasteiger partial charge is 0.350 e. The van der Waals surface area contributed by atoms with Crippen LogP contribution in [0.4, 0.5) is 0 Å². The van der Waals surface area contributed by atoms with Gasteiger partial charge in [0.15, 0.2) is 0 Å². The number of hydrogen-bond acceptors (Lipinski definition) is 6. The summed E-state index contributed by atoms with van der Waals surface area (Å²) in [5.41, 5.74) is 6.13. The van der Waals surface area contributed by atoms with E-state index in [1.165, 1.54) is 11.3 Å². The third-order valence-corrected chi connectivity index (χ3v) is 3.09. The SMILES string of the molecule is COCCCOC(=O)c1sc(CN)nc1C. The lowest BCUT2D eigenvalue weighted by Crippen LogP contribution is -2.07. The van der Waals surface area contributed by atoms with Crippen LogP contribution in [0, 0.1) is 6.92 Å². The van der Waals surface area contributed by atoms with E-state index in [1.807, 2.05) is 0 Å². The molecular weight excluding hydrogens is 228 g/mol. The van der Waals surface area contributed by atoms with Crippen LogP contribution in [-0.2, 0) is 16.0 Å². The van der Waals surface area contributed by atoms with E-state index >= 15 is 0 Å². The first-order valence-corrected chi connectivity index (χ1v) is 5.83. The molecule has 1 aromatic rings. The maximum absolute atomic E-state index is 11.6. The monoisotopic (exact) mass is 244 g/mol. The zero-order valence-corrected chi connectivity index (χ0v) is 10.3. The van der Waals surface area contributed by atoms with Crippen molar-refractivity contribution in [3.8, 4) is 0 Å². The Kier molecular flexibility index (Phi) is 5.37. The van der Waals surface area contributed by atoms with Gasteiger partial charge in [-0.2, -0.15) is 0 Å². The minimum atomic E-state index is -0.328. The second-order valence-corrected chi connectivity index (χ2v) is 4.29. The first kappa shape index (κ1) is 13.1. The summed E-state index contributed by atoms with van der Waals surface area (Å²) >= 11 is 1.29. The van der Waals surface area contributed by atoms with Crippen LogP contribution in [0.2, 0.25) is 0 Å². The highest BCUT2D eigenvalue weighted by Crippen LogP contribution is 2.18. The van der Waals surface area contributed by atoms with Crippen LogP contribution < -0.4 is 5.73 Å². The maximum Gasteiger partial charge on any atom is 0.350 e. The van der Waals surface area contributed by atoms with Gasteiger partial charge in [-0.25, -0.2) is 9.78 Å². The van der Waals surface area contributed by atoms with Gasteiger partial charge in [0.25, 0.3) is 0 Å². The van der Waals surface area contributed by atoms with Gasteiger partial charge in [0, 0.05) is 26.7 Å². The lowest BCUT2D eigenvalue weighted by Gasteiger charge is -2.02. The summed E-state index contributed by atoms with van der Waals surface area (Å²) in [5.74, 6) is -0.328. The molecule has 0 aliphatic heterocycles. The molecule has 5 nitrogen and oxygen atoms in total. The number of ether oxygens (including phenoxy) is 2. The van der Waals surface area contributed by atoms with E-state index in [0.717, 1.165) is 5.01 Å². The molecule has 90 valence electrons. The summed E-state index contributed by atoms with van der Waals surface area (Å²) in [4.78, 5) is 16.3. The fraction of sp³-hybridized carbons (Fsp3) is 0.600. The lowest BCUT2D eigenvalue weighted by molar-refractivity contribution is 0.0473. The number of nitrogens with two attached hydrogens (primary N) is 1. The molecule has 1 heterocycles. The zero-order chi connectivity index (χ0) is 12.0. The van der Waals surface area contributed by atoms with Crippen molar-refractivity contribution in [3.63, 3.8) is 0 Å². The van der Waals surface area contributed by atoms with Crippen LogP contribution in [0.25, 0.3) is 0 Å². The number of carbonyl (C=O) groups excluding carboxylic acids is 1. The highest BCUT2D eigenvalue weighted by atomic mass is 32.1. The summed E-state index contributed by atoms with van der Waals surface area (Å²) in [7, 11) is 1.61. The van der Waals surface area contributed by atoms with Gasteiger partial charge in [0.2, 0.25) is 0 Å². The average molecular weight is 244 g/mol. The molecule has 0 radical (unpaired) electrons. The van der Waals surface area contributed by atoms with Crippen molar-refractivity contribution in [2.45, 2.75) is 19.9 Å². The van der Waals surface area contributed by atoms with Crippen molar-refractivity contribution in [1.82, 2.24) is 4.98 Å². The molecule has 0 unspecified atom stereocenters. The van der Waals surface area contributed by atoms with E-state index < -0.39 is 0 Å². The van der Waals surface area contributed by atoms with E-state index in [4.69, 9.17) is 15.2 Å². The number of nitrogens with zero attached hydrogens (tertiary/aromatic N) is 1. The van der Waals surface area contributed by atoms with Gasteiger partial charge in [0.1, 0.15) is 9.88 Å². The van der Waals surface area contributed by atoms with E-state index in [1.54, 1.807) is 14.0 Å². The first-order valence-electron chi connectivity index (χ1n) is 5.01. The third-order valence-electron chi connectivity index (χ3n) is 1.93. The Labute approximate surface area is 98.6 Å². The van der Waals surface area contributed by atoms with Crippen molar-refractivity contribution < 1.29 is 14.3 Å². The van der Waals surface area contributed by atoms with Crippen LogP contribution in [0.3, 0.4) is 0 Å². The fourth-order valence-electron chi connectivity index (χ4n) is 1.16. The van der Waals surface area contributed by atoms with Gasteiger partial charge in [-0.15, -0.1) is 11.3 Å². The molecule has 1 aromatic heterocycles.